The third-order valence-electron chi connectivity index (χ3n) is 3.14. The molecule has 0 spiro atoms. The molecule has 2 heteroatoms. The molecule has 1 aliphatic rings. The van der Waals surface area contributed by atoms with Crippen LogP contribution >= 0.6 is 0 Å². The average molecular weight is 171 g/mol. The van der Waals surface area contributed by atoms with Gasteiger partial charge in [-0.05, 0) is 37.3 Å². The zero-order valence-corrected chi connectivity index (χ0v) is 8.52. The minimum atomic E-state index is 0.525. The molecule has 72 valence electrons. The second-order valence-corrected chi connectivity index (χ2v) is 3.86. The van der Waals surface area contributed by atoms with Crippen LogP contribution in [0.2, 0.25) is 0 Å². The molecule has 12 heavy (non-hydrogen) atoms. The van der Waals surface area contributed by atoms with E-state index in [1.54, 1.807) is 7.11 Å². The summed E-state index contributed by atoms with van der Waals surface area (Å²) >= 11 is 0. The predicted octanol–water partition coefficient (Wildman–Crippen LogP) is 1.66. The van der Waals surface area contributed by atoms with Crippen molar-refractivity contribution in [1.82, 2.24) is 5.32 Å². The molecule has 1 rings (SSSR count). The summed E-state index contributed by atoms with van der Waals surface area (Å²) in [4.78, 5) is 0. The van der Waals surface area contributed by atoms with Crippen molar-refractivity contribution in [3.63, 3.8) is 0 Å². The molecule has 0 saturated heterocycles. The molecule has 0 bridgehead atoms. The Morgan fingerprint density at radius 1 is 1.50 bits per heavy atom. The smallest absolute Gasteiger partial charge is 0.0521 e. The Hall–Kier alpha value is -0.0800. The maximum absolute atomic E-state index is 5.24. The summed E-state index contributed by atoms with van der Waals surface area (Å²) in [6.45, 7) is 7.63. The number of rotatable bonds is 6. The summed E-state index contributed by atoms with van der Waals surface area (Å²) in [5.74, 6) is 0.863. The fraction of sp³-hybridized carbons (Fsp3) is 1.00. The molecular weight excluding hydrogens is 150 g/mol. The van der Waals surface area contributed by atoms with Crippen molar-refractivity contribution in [1.29, 1.82) is 0 Å². The summed E-state index contributed by atoms with van der Waals surface area (Å²) < 4.78 is 5.24. The van der Waals surface area contributed by atoms with E-state index >= 15 is 0 Å². The lowest BCUT2D eigenvalue weighted by molar-refractivity contribution is 0.129. The van der Waals surface area contributed by atoms with Gasteiger partial charge in [-0.1, -0.05) is 13.8 Å². The van der Waals surface area contributed by atoms with E-state index in [-0.39, 0.29) is 0 Å². The van der Waals surface area contributed by atoms with Crippen LogP contribution in [0.15, 0.2) is 0 Å². The minimum Gasteiger partial charge on any atom is -0.384 e. The molecule has 0 radical (unpaired) electrons. The number of methoxy groups -OCH3 is 1. The molecule has 2 atom stereocenters. The Morgan fingerprint density at radius 2 is 2.25 bits per heavy atom. The van der Waals surface area contributed by atoms with Crippen molar-refractivity contribution in [3.05, 3.63) is 0 Å². The highest BCUT2D eigenvalue weighted by Crippen LogP contribution is 2.54. The van der Waals surface area contributed by atoms with Gasteiger partial charge in [0, 0.05) is 7.11 Å². The van der Waals surface area contributed by atoms with E-state index in [0.29, 0.717) is 5.41 Å². The summed E-state index contributed by atoms with van der Waals surface area (Å²) in [7, 11) is 1.81. The van der Waals surface area contributed by atoms with E-state index in [4.69, 9.17) is 4.74 Å². The van der Waals surface area contributed by atoms with Crippen molar-refractivity contribution in [2.24, 2.45) is 11.3 Å². The first kappa shape index (κ1) is 10.0. The largest absolute Gasteiger partial charge is 0.384 e. The topological polar surface area (TPSA) is 21.3 Å². The highest BCUT2D eigenvalue weighted by Gasteiger charge is 2.51. The molecule has 0 amide bonds. The zero-order valence-electron chi connectivity index (χ0n) is 8.52. The summed E-state index contributed by atoms with van der Waals surface area (Å²) in [6, 6.07) is 0. The lowest BCUT2D eigenvalue weighted by Crippen LogP contribution is -2.21. The zero-order chi connectivity index (χ0) is 9.03. The van der Waals surface area contributed by atoms with Crippen molar-refractivity contribution in [2.45, 2.75) is 26.7 Å². The first-order valence-corrected chi connectivity index (χ1v) is 4.98. The lowest BCUT2D eigenvalue weighted by atomic mass is 10.0. The van der Waals surface area contributed by atoms with Gasteiger partial charge in [-0.15, -0.1) is 0 Å². The van der Waals surface area contributed by atoms with Crippen LogP contribution in [-0.4, -0.2) is 26.8 Å². The maximum Gasteiger partial charge on any atom is 0.0521 e. The molecule has 2 nitrogen and oxygen atoms in total. The van der Waals surface area contributed by atoms with Gasteiger partial charge in [-0.3, -0.25) is 0 Å². The van der Waals surface area contributed by atoms with E-state index in [1.807, 2.05) is 0 Å². The van der Waals surface area contributed by atoms with Crippen LogP contribution in [-0.2, 0) is 4.74 Å². The Balaban J connectivity index is 2.23. The van der Waals surface area contributed by atoms with E-state index in [2.05, 4.69) is 19.2 Å². The molecular formula is C10H21NO. The standard InChI is InChI=1S/C10H21NO/c1-4-10(8-12-3)6-9(10)7-11-5-2/h9,11H,4-8H2,1-3H3. The van der Waals surface area contributed by atoms with Gasteiger partial charge in [0.05, 0.1) is 6.61 Å². The van der Waals surface area contributed by atoms with E-state index in [9.17, 15) is 0 Å². The van der Waals surface area contributed by atoms with Gasteiger partial charge in [0.1, 0.15) is 0 Å². The second-order valence-electron chi connectivity index (χ2n) is 3.86. The molecule has 1 saturated carbocycles. The molecule has 0 aliphatic heterocycles. The molecule has 0 aromatic carbocycles. The van der Waals surface area contributed by atoms with Crippen LogP contribution in [0.5, 0.6) is 0 Å². The lowest BCUT2D eigenvalue weighted by Gasteiger charge is -2.13. The molecule has 2 unspecified atom stereocenters. The fourth-order valence-electron chi connectivity index (χ4n) is 2.04. The van der Waals surface area contributed by atoms with Gasteiger partial charge < -0.3 is 10.1 Å². The van der Waals surface area contributed by atoms with Crippen molar-refractivity contribution >= 4 is 0 Å². The van der Waals surface area contributed by atoms with E-state index in [0.717, 1.165) is 19.1 Å². The number of hydrogen-bond donors (Lipinski definition) is 1. The van der Waals surface area contributed by atoms with Gasteiger partial charge in [0.2, 0.25) is 0 Å². The SMILES string of the molecule is CCNCC1CC1(CC)COC. The Bertz CT molecular complexity index is 136. The molecule has 1 fully saturated rings. The van der Waals surface area contributed by atoms with Gasteiger partial charge in [-0.25, -0.2) is 0 Å². The van der Waals surface area contributed by atoms with Crippen LogP contribution in [0.4, 0.5) is 0 Å². The average Bonchev–Trinajstić information content (AvgIpc) is 2.77. The fourth-order valence-corrected chi connectivity index (χ4v) is 2.04. The minimum absolute atomic E-state index is 0.525. The second kappa shape index (κ2) is 4.24. The molecule has 0 aromatic rings. The van der Waals surface area contributed by atoms with Crippen molar-refractivity contribution in [2.75, 3.05) is 26.8 Å². The first-order chi connectivity index (χ1) is 5.79. The highest BCUT2D eigenvalue weighted by atomic mass is 16.5. The van der Waals surface area contributed by atoms with Crippen LogP contribution < -0.4 is 5.32 Å². The summed E-state index contributed by atoms with van der Waals surface area (Å²) in [6.07, 6.45) is 2.61. The number of ether oxygens (including phenoxy) is 1. The van der Waals surface area contributed by atoms with E-state index < -0.39 is 0 Å². The monoisotopic (exact) mass is 171 g/mol. The Kier molecular flexibility index (Phi) is 3.53. The summed E-state index contributed by atoms with van der Waals surface area (Å²) in [5, 5.41) is 3.40. The van der Waals surface area contributed by atoms with E-state index in [1.165, 1.54) is 19.4 Å². The van der Waals surface area contributed by atoms with Crippen LogP contribution in [0.25, 0.3) is 0 Å². The Labute approximate surface area is 75.7 Å². The first-order valence-electron chi connectivity index (χ1n) is 4.98. The van der Waals surface area contributed by atoms with Gasteiger partial charge in [0.25, 0.3) is 0 Å². The van der Waals surface area contributed by atoms with Crippen molar-refractivity contribution < 1.29 is 4.74 Å². The molecule has 1 aliphatic carbocycles. The third-order valence-corrected chi connectivity index (χ3v) is 3.14. The molecule has 0 aromatic heterocycles. The van der Waals surface area contributed by atoms with Gasteiger partial charge in [-0.2, -0.15) is 0 Å². The number of hydrogen-bond acceptors (Lipinski definition) is 2. The third kappa shape index (κ3) is 1.99. The maximum atomic E-state index is 5.24. The van der Waals surface area contributed by atoms with Crippen molar-refractivity contribution in [3.8, 4) is 0 Å². The van der Waals surface area contributed by atoms with Crippen LogP contribution in [0.3, 0.4) is 0 Å². The quantitative estimate of drug-likeness (QED) is 0.656. The molecule has 0 heterocycles. The highest BCUT2D eigenvalue weighted by molar-refractivity contribution is 5.02. The van der Waals surface area contributed by atoms with Crippen LogP contribution in [0.1, 0.15) is 26.7 Å². The van der Waals surface area contributed by atoms with Gasteiger partial charge in [0.15, 0.2) is 0 Å². The van der Waals surface area contributed by atoms with Crippen LogP contribution in [0, 0.1) is 11.3 Å². The predicted molar refractivity (Wildman–Crippen MR) is 51.3 cm³/mol. The molecule has 1 N–H and O–H groups in total. The normalized spacial score (nSPS) is 33.8. The summed E-state index contributed by atoms with van der Waals surface area (Å²) in [5.41, 5.74) is 0.525. The number of nitrogens with one attached hydrogen (secondary N) is 1. The van der Waals surface area contributed by atoms with Gasteiger partial charge >= 0.3 is 0 Å². The Morgan fingerprint density at radius 3 is 2.75 bits per heavy atom.